The Hall–Kier alpha value is -0.620. The molecule has 0 amide bonds. The standard InChI is InChI=1S/C16H32O5/c1-3-5-6-7-8-9-10-11-12-13-14-15-16-18-20-21-19-17-4-2/h4H,2-3,5-16H2,1H3. The Kier molecular flexibility index (Phi) is 18.8. The van der Waals surface area contributed by atoms with E-state index in [2.05, 4.69) is 33.5 Å². The van der Waals surface area contributed by atoms with E-state index < -0.39 is 0 Å². The van der Waals surface area contributed by atoms with Gasteiger partial charge in [-0.2, -0.15) is 0 Å². The van der Waals surface area contributed by atoms with Gasteiger partial charge >= 0.3 is 0 Å². The summed E-state index contributed by atoms with van der Waals surface area (Å²) in [6.45, 7) is 5.99. The molecule has 0 aromatic heterocycles. The zero-order chi connectivity index (χ0) is 15.4. The van der Waals surface area contributed by atoms with Crippen molar-refractivity contribution in [2.24, 2.45) is 0 Å². The first kappa shape index (κ1) is 20.4. The van der Waals surface area contributed by atoms with Gasteiger partial charge in [0.15, 0.2) is 0 Å². The van der Waals surface area contributed by atoms with E-state index >= 15 is 0 Å². The van der Waals surface area contributed by atoms with E-state index in [-0.39, 0.29) is 0 Å². The van der Waals surface area contributed by atoms with Gasteiger partial charge in [-0.1, -0.05) is 84.1 Å². The van der Waals surface area contributed by atoms with E-state index in [1.54, 1.807) is 0 Å². The van der Waals surface area contributed by atoms with Crippen molar-refractivity contribution in [2.75, 3.05) is 6.61 Å². The summed E-state index contributed by atoms with van der Waals surface area (Å²) in [6, 6.07) is 0. The van der Waals surface area contributed by atoms with Gasteiger partial charge in [0.2, 0.25) is 0 Å². The molecule has 0 aliphatic rings. The van der Waals surface area contributed by atoms with Crippen LogP contribution in [0.15, 0.2) is 12.8 Å². The molecule has 0 unspecified atom stereocenters. The van der Waals surface area contributed by atoms with E-state index in [4.69, 9.17) is 4.89 Å². The zero-order valence-electron chi connectivity index (χ0n) is 13.5. The first-order valence-corrected chi connectivity index (χ1v) is 8.31. The fraction of sp³-hybridized carbons (Fsp3) is 0.875. The number of hydrogen-bond acceptors (Lipinski definition) is 5. The first-order chi connectivity index (χ1) is 10.4. The average molecular weight is 304 g/mol. The van der Waals surface area contributed by atoms with Crippen molar-refractivity contribution < 1.29 is 24.9 Å². The van der Waals surface area contributed by atoms with Gasteiger partial charge in [-0.3, -0.25) is 0 Å². The molecule has 0 atom stereocenters. The Bertz CT molecular complexity index is 199. The maximum Gasteiger partial charge on any atom is 0.125 e. The molecule has 0 aromatic rings. The Balaban J connectivity index is 2.91. The van der Waals surface area contributed by atoms with Crippen LogP contribution < -0.4 is 0 Å². The maximum absolute atomic E-state index is 4.71. The predicted molar refractivity (Wildman–Crippen MR) is 81.6 cm³/mol. The summed E-state index contributed by atoms with van der Waals surface area (Å²) in [5, 5.41) is 12.3. The summed E-state index contributed by atoms with van der Waals surface area (Å²) < 4.78 is 0. The summed E-state index contributed by atoms with van der Waals surface area (Å²) in [7, 11) is 0. The molecule has 0 radical (unpaired) electrons. The van der Waals surface area contributed by atoms with Crippen LogP contribution in [-0.2, 0) is 24.9 Å². The van der Waals surface area contributed by atoms with Crippen LogP contribution in [0.25, 0.3) is 0 Å². The summed E-state index contributed by atoms with van der Waals surface area (Å²) in [4.78, 5) is 8.90. The fourth-order valence-electron chi connectivity index (χ4n) is 2.11. The monoisotopic (exact) mass is 304 g/mol. The maximum atomic E-state index is 4.71. The smallest absolute Gasteiger partial charge is 0.125 e. The minimum Gasteiger partial charge on any atom is -0.315 e. The Labute approximate surface area is 129 Å². The van der Waals surface area contributed by atoms with E-state index in [1.165, 1.54) is 64.2 Å². The Morgan fingerprint density at radius 2 is 1.19 bits per heavy atom. The molecule has 0 aromatic carbocycles. The molecule has 5 nitrogen and oxygen atoms in total. The zero-order valence-corrected chi connectivity index (χ0v) is 13.5. The molecule has 0 N–H and O–H groups in total. The van der Waals surface area contributed by atoms with Gasteiger partial charge in [-0.25, -0.2) is 4.89 Å². The topological polar surface area (TPSA) is 46.2 Å². The predicted octanol–water partition coefficient (Wildman–Crippen LogP) is 5.57. The molecular formula is C16H32O5. The summed E-state index contributed by atoms with van der Waals surface area (Å²) in [5.41, 5.74) is 0. The van der Waals surface area contributed by atoms with Gasteiger partial charge in [0.05, 0.1) is 6.61 Å². The highest BCUT2D eigenvalue weighted by Gasteiger charge is 1.95. The average Bonchev–Trinajstić information content (AvgIpc) is 2.50. The minimum atomic E-state index is 0.481. The lowest BCUT2D eigenvalue weighted by Gasteiger charge is -2.03. The van der Waals surface area contributed by atoms with Crippen molar-refractivity contribution in [1.82, 2.24) is 0 Å². The molecule has 0 fully saturated rings. The largest absolute Gasteiger partial charge is 0.315 e. The van der Waals surface area contributed by atoms with Crippen molar-refractivity contribution in [3.63, 3.8) is 0 Å². The van der Waals surface area contributed by atoms with Gasteiger partial charge in [0, 0.05) is 10.1 Å². The highest BCUT2D eigenvalue weighted by atomic mass is 17.8. The van der Waals surface area contributed by atoms with Gasteiger partial charge in [-0.15, -0.1) is 0 Å². The highest BCUT2D eigenvalue weighted by Crippen LogP contribution is 2.11. The van der Waals surface area contributed by atoms with Crippen molar-refractivity contribution in [3.8, 4) is 0 Å². The lowest BCUT2D eigenvalue weighted by molar-refractivity contribution is -0.700. The second-order valence-electron chi connectivity index (χ2n) is 5.18. The molecule has 0 spiro atoms. The van der Waals surface area contributed by atoms with Crippen molar-refractivity contribution in [2.45, 2.75) is 84.0 Å². The molecule has 0 aliphatic heterocycles. The summed E-state index contributed by atoms with van der Waals surface area (Å²) >= 11 is 0. The van der Waals surface area contributed by atoms with Crippen molar-refractivity contribution >= 4 is 0 Å². The molecule has 0 saturated carbocycles. The van der Waals surface area contributed by atoms with E-state index in [9.17, 15) is 0 Å². The third-order valence-corrected chi connectivity index (χ3v) is 3.29. The van der Waals surface area contributed by atoms with Gasteiger partial charge in [0.25, 0.3) is 0 Å². The fourth-order valence-corrected chi connectivity index (χ4v) is 2.11. The molecular weight excluding hydrogens is 272 g/mol. The van der Waals surface area contributed by atoms with Crippen LogP contribution in [0.3, 0.4) is 0 Å². The lowest BCUT2D eigenvalue weighted by atomic mass is 10.1. The van der Waals surface area contributed by atoms with Crippen LogP contribution in [0.5, 0.6) is 0 Å². The lowest BCUT2D eigenvalue weighted by Crippen LogP contribution is -1.99. The second kappa shape index (κ2) is 19.4. The third kappa shape index (κ3) is 19.4. The van der Waals surface area contributed by atoms with Crippen molar-refractivity contribution in [1.29, 1.82) is 0 Å². The molecule has 0 aliphatic carbocycles. The molecule has 21 heavy (non-hydrogen) atoms. The third-order valence-electron chi connectivity index (χ3n) is 3.29. The molecule has 0 saturated heterocycles. The van der Waals surface area contributed by atoms with Crippen LogP contribution in [0, 0.1) is 0 Å². The highest BCUT2D eigenvalue weighted by molar-refractivity contribution is 4.48. The van der Waals surface area contributed by atoms with E-state index in [1.807, 2.05) is 0 Å². The Morgan fingerprint density at radius 1 is 0.667 bits per heavy atom. The Morgan fingerprint density at radius 3 is 1.71 bits per heavy atom. The van der Waals surface area contributed by atoms with Crippen LogP contribution in [0.4, 0.5) is 0 Å². The SMILES string of the molecule is C=COOOOOCCCCCCCCCCCCCC. The number of rotatable bonds is 18. The van der Waals surface area contributed by atoms with Crippen LogP contribution in [0.1, 0.15) is 84.0 Å². The first-order valence-electron chi connectivity index (χ1n) is 8.31. The van der Waals surface area contributed by atoms with E-state index in [0.29, 0.717) is 6.61 Å². The molecule has 5 heteroatoms. The van der Waals surface area contributed by atoms with Gasteiger partial charge in [-0.05, 0) is 11.5 Å². The van der Waals surface area contributed by atoms with Crippen LogP contribution in [0.2, 0.25) is 0 Å². The second-order valence-corrected chi connectivity index (χ2v) is 5.18. The molecule has 0 rings (SSSR count). The van der Waals surface area contributed by atoms with E-state index in [0.717, 1.165) is 19.1 Å². The van der Waals surface area contributed by atoms with Crippen molar-refractivity contribution in [3.05, 3.63) is 12.8 Å². The molecule has 0 bridgehead atoms. The van der Waals surface area contributed by atoms with Crippen LogP contribution in [-0.4, -0.2) is 6.61 Å². The molecule has 0 heterocycles. The van der Waals surface area contributed by atoms with Gasteiger partial charge in [0.1, 0.15) is 6.26 Å². The van der Waals surface area contributed by atoms with Gasteiger partial charge < -0.3 is 4.89 Å². The quantitative estimate of drug-likeness (QED) is 0.143. The minimum absolute atomic E-state index is 0.481. The number of unbranched alkanes of at least 4 members (excludes halogenated alkanes) is 11. The number of hydrogen-bond donors (Lipinski definition) is 0. The van der Waals surface area contributed by atoms with Crippen LogP contribution >= 0.6 is 0 Å². The normalized spacial score (nSPS) is 10.7. The summed E-state index contributed by atoms with van der Waals surface area (Å²) in [6.07, 6.45) is 16.8. The summed E-state index contributed by atoms with van der Waals surface area (Å²) in [5.74, 6) is 0. The molecule has 126 valence electrons.